The highest BCUT2D eigenvalue weighted by molar-refractivity contribution is 5.97. The summed E-state index contributed by atoms with van der Waals surface area (Å²) in [6.45, 7) is 4.82. The topological polar surface area (TPSA) is 95.2 Å². The van der Waals surface area contributed by atoms with Crippen LogP contribution in [0, 0.1) is 6.92 Å². The third-order valence-corrected chi connectivity index (χ3v) is 4.36. The number of nitrogens with one attached hydrogen (secondary N) is 2. The van der Waals surface area contributed by atoms with Crippen molar-refractivity contribution >= 4 is 22.7 Å². The maximum atomic E-state index is 12.1. The largest absolute Gasteiger partial charge is 0.507 e. The van der Waals surface area contributed by atoms with Crippen molar-refractivity contribution in [3.63, 3.8) is 0 Å². The second kappa shape index (κ2) is 6.47. The van der Waals surface area contributed by atoms with Gasteiger partial charge >= 0.3 is 5.97 Å². The van der Waals surface area contributed by atoms with Gasteiger partial charge in [-0.25, -0.2) is 0 Å². The van der Waals surface area contributed by atoms with Crippen LogP contribution in [-0.4, -0.2) is 26.8 Å². The molecule has 0 radical (unpaired) electrons. The number of aromatic nitrogens is 2. The average Bonchev–Trinajstić information content (AvgIpc) is 3.14. The van der Waals surface area contributed by atoms with E-state index in [0.29, 0.717) is 12.0 Å². The van der Waals surface area contributed by atoms with E-state index in [-0.39, 0.29) is 24.1 Å². The van der Waals surface area contributed by atoms with E-state index >= 15 is 0 Å². The van der Waals surface area contributed by atoms with Crippen LogP contribution >= 0.6 is 0 Å². The van der Waals surface area contributed by atoms with Crippen LogP contribution < -0.4 is 0 Å². The van der Waals surface area contributed by atoms with E-state index in [2.05, 4.69) is 9.97 Å². The Kier molecular flexibility index (Phi) is 4.35. The molecule has 25 heavy (non-hydrogen) atoms. The van der Waals surface area contributed by atoms with Crippen LogP contribution in [0.1, 0.15) is 46.7 Å². The summed E-state index contributed by atoms with van der Waals surface area (Å²) in [5, 5.41) is 10.7. The van der Waals surface area contributed by atoms with Crippen molar-refractivity contribution in [1.29, 1.82) is 0 Å². The van der Waals surface area contributed by atoms with Crippen LogP contribution in [0.4, 0.5) is 0 Å². The first-order valence-electron chi connectivity index (χ1n) is 8.01. The maximum absolute atomic E-state index is 12.1. The van der Waals surface area contributed by atoms with Crippen molar-refractivity contribution in [1.82, 2.24) is 9.97 Å². The van der Waals surface area contributed by atoms with Crippen molar-refractivity contribution in [3.05, 3.63) is 52.5 Å². The lowest BCUT2D eigenvalue weighted by Gasteiger charge is -2.06. The summed E-state index contributed by atoms with van der Waals surface area (Å²) in [6.07, 6.45) is 2.26. The summed E-state index contributed by atoms with van der Waals surface area (Å²) in [5.74, 6) is -0.198. The number of hydrogen-bond donors (Lipinski definition) is 3. The maximum Gasteiger partial charge on any atom is 0.303 e. The number of aromatic hydroxyl groups is 1. The van der Waals surface area contributed by atoms with Crippen LogP contribution in [-0.2, 0) is 22.6 Å². The molecule has 2 aromatic heterocycles. The molecule has 1 aromatic carbocycles. The Hall–Kier alpha value is -3.02. The molecule has 0 aliphatic heterocycles. The van der Waals surface area contributed by atoms with Gasteiger partial charge in [0.2, 0.25) is 0 Å². The van der Waals surface area contributed by atoms with Gasteiger partial charge in [-0.15, -0.1) is 0 Å². The smallest absolute Gasteiger partial charge is 0.303 e. The number of ketones is 1. The lowest BCUT2D eigenvalue weighted by atomic mass is 10.00. The molecule has 3 rings (SSSR count). The quantitative estimate of drug-likeness (QED) is 0.490. The monoisotopic (exact) mass is 340 g/mol. The number of phenols is 1. The molecule has 0 amide bonds. The minimum absolute atomic E-state index is 0.0423. The Morgan fingerprint density at radius 1 is 1.16 bits per heavy atom. The van der Waals surface area contributed by atoms with Gasteiger partial charge in [-0.05, 0) is 37.1 Å². The van der Waals surface area contributed by atoms with Crippen LogP contribution in [0.25, 0.3) is 10.9 Å². The van der Waals surface area contributed by atoms with Crippen LogP contribution in [0.15, 0.2) is 24.4 Å². The number of fused-ring (bicyclic) bond motifs is 1. The van der Waals surface area contributed by atoms with Gasteiger partial charge in [0, 0.05) is 36.2 Å². The Balaban J connectivity index is 2.02. The number of rotatable bonds is 5. The Labute approximate surface area is 144 Å². The zero-order valence-corrected chi connectivity index (χ0v) is 14.4. The van der Waals surface area contributed by atoms with Crippen molar-refractivity contribution < 1.29 is 19.4 Å². The molecule has 3 aromatic rings. The molecule has 130 valence electrons. The van der Waals surface area contributed by atoms with E-state index in [1.807, 2.05) is 19.1 Å². The number of ether oxygens (including phenoxy) is 1. The van der Waals surface area contributed by atoms with Crippen LogP contribution in [0.3, 0.4) is 0 Å². The van der Waals surface area contributed by atoms with E-state index in [0.717, 1.165) is 33.4 Å². The molecule has 6 nitrogen and oxygen atoms in total. The zero-order chi connectivity index (χ0) is 18.1. The summed E-state index contributed by atoms with van der Waals surface area (Å²) in [6, 6.07) is 5.29. The van der Waals surface area contributed by atoms with Crippen molar-refractivity contribution in [2.45, 2.75) is 33.8 Å². The third kappa shape index (κ3) is 3.15. The number of Topliss-reactive ketones (excluding diaryl/α,β-unsaturated/α-hetero) is 1. The normalized spacial score (nSPS) is 11.0. The number of benzene rings is 1. The van der Waals surface area contributed by atoms with E-state index in [4.69, 9.17) is 4.74 Å². The summed E-state index contributed by atoms with van der Waals surface area (Å²) in [4.78, 5) is 29.5. The van der Waals surface area contributed by atoms with Gasteiger partial charge in [-0.2, -0.15) is 0 Å². The lowest BCUT2D eigenvalue weighted by molar-refractivity contribution is -0.142. The molecule has 0 aliphatic rings. The molecule has 0 atom stereocenters. The van der Waals surface area contributed by atoms with Gasteiger partial charge in [0.25, 0.3) is 0 Å². The van der Waals surface area contributed by atoms with Gasteiger partial charge in [0.15, 0.2) is 5.78 Å². The second-order valence-electron chi connectivity index (χ2n) is 6.11. The minimum Gasteiger partial charge on any atom is -0.507 e. The molecule has 0 fully saturated rings. The molecule has 2 heterocycles. The third-order valence-electron chi connectivity index (χ3n) is 4.36. The van der Waals surface area contributed by atoms with E-state index in [9.17, 15) is 14.7 Å². The van der Waals surface area contributed by atoms with Gasteiger partial charge in [-0.3, -0.25) is 9.59 Å². The van der Waals surface area contributed by atoms with E-state index in [1.165, 1.54) is 13.8 Å². The first-order chi connectivity index (χ1) is 11.9. The fourth-order valence-electron chi connectivity index (χ4n) is 3.18. The van der Waals surface area contributed by atoms with Crippen molar-refractivity contribution in [2.24, 2.45) is 0 Å². The minimum atomic E-state index is -0.369. The van der Waals surface area contributed by atoms with Crippen LogP contribution in [0.2, 0.25) is 0 Å². The second-order valence-corrected chi connectivity index (χ2v) is 6.11. The molecule has 6 heteroatoms. The SMILES string of the molecule is CC(=O)OCc1[nH]c(Cc2ccc(O)c3cc[nH]c23)c(C(C)=O)c1C. The fraction of sp³-hybridized carbons (Fsp3) is 0.263. The number of aromatic amines is 2. The predicted molar refractivity (Wildman–Crippen MR) is 93.8 cm³/mol. The van der Waals surface area contributed by atoms with E-state index in [1.54, 1.807) is 12.3 Å². The summed E-state index contributed by atoms with van der Waals surface area (Å²) >= 11 is 0. The Morgan fingerprint density at radius 2 is 1.92 bits per heavy atom. The summed E-state index contributed by atoms with van der Waals surface area (Å²) < 4.78 is 5.06. The molecule has 0 spiro atoms. The highest BCUT2D eigenvalue weighted by atomic mass is 16.5. The molecular weight excluding hydrogens is 320 g/mol. The number of hydrogen-bond acceptors (Lipinski definition) is 4. The average molecular weight is 340 g/mol. The predicted octanol–water partition coefficient (Wildman–Crippen LogP) is 3.37. The Bertz CT molecular complexity index is 965. The van der Waals surface area contributed by atoms with Gasteiger partial charge < -0.3 is 19.8 Å². The molecule has 0 saturated carbocycles. The molecule has 0 aliphatic carbocycles. The van der Waals surface area contributed by atoms with Gasteiger partial charge in [0.1, 0.15) is 12.4 Å². The molecule has 0 saturated heterocycles. The standard InChI is InChI=1S/C19H20N2O4/c1-10-16(9-25-12(3)23)21-15(18(10)11(2)22)8-13-4-5-17(24)14-6-7-20-19(13)14/h4-7,20-21,24H,8-9H2,1-3H3. The van der Waals surface area contributed by atoms with Gasteiger partial charge in [0.05, 0.1) is 11.2 Å². The van der Waals surface area contributed by atoms with Gasteiger partial charge in [-0.1, -0.05) is 6.07 Å². The van der Waals surface area contributed by atoms with Crippen molar-refractivity contribution in [3.8, 4) is 5.75 Å². The molecule has 0 unspecified atom stereocenters. The number of carbonyl (C=O) groups is 2. The fourth-order valence-corrected chi connectivity index (χ4v) is 3.18. The number of esters is 1. The highest BCUT2D eigenvalue weighted by Gasteiger charge is 2.19. The van der Waals surface area contributed by atoms with Crippen LogP contribution in [0.5, 0.6) is 5.75 Å². The molecule has 0 bridgehead atoms. The number of phenolic OH excluding ortho intramolecular Hbond substituents is 1. The Morgan fingerprint density at radius 3 is 2.60 bits per heavy atom. The molecule has 3 N–H and O–H groups in total. The first kappa shape index (κ1) is 16.8. The first-order valence-corrected chi connectivity index (χ1v) is 8.01. The number of carbonyl (C=O) groups excluding carboxylic acids is 2. The summed E-state index contributed by atoms with van der Waals surface area (Å²) in [7, 11) is 0. The summed E-state index contributed by atoms with van der Waals surface area (Å²) in [5.41, 5.74) is 4.70. The molecular formula is C19H20N2O4. The zero-order valence-electron chi connectivity index (χ0n) is 14.4. The van der Waals surface area contributed by atoms with E-state index < -0.39 is 0 Å². The lowest BCUT2D eigenvalue weighted by Crippen LogP contribution is -2.01. The van der Waals surface area contributed by atoms with Crippen molar-refractivity contribution in [2.75, 3.05) is 0 Å². The highest BCUT2D eigenvalue weighted by Crippen LogP contribution is 2.29. The number of H-pyrrole nitrogens is 2.